The first-order chi connectivity index (χ1) is 11.2. The minimum atomic E-state index is -3.83. The summed E-state index contributed by atoms with van der Waals surface area (Å²) in [5.41, 5.74) is 0.864. The molecule has 7 nitrogen and oxygen atoms in total. The summed E-state index contributed by atoms with van der Waals surface area (Å²) >= 11 is 0. The van der Waals surface area contributed by atoms with E-state index in [2.05, 4.69) is 0 Å². The van der Waals surface area contributed by atoms with Gasteiger partial charge in [-0.1, -0.05) is 24.3 Å². The summed E-state index contributed by atoms with van der Waals surface area (Å²) in [6.07, 6.45) is 0.268. The van der Waals surface area contributed by atoms with Crippen molar-refractivity contribution in [3.05, 3.63) is 59.7 Å². The van der Waals surface area contributed by atoms with Gasteiger partial charge in [0.15, 0.2) is 0 Å². The molecular formula is C15H14N2O5S2. The molecule has 2 aromatic carbocycles. The highest BCUT2D eigenvalue weighted by molar-refractivity contribution is 7.90. The van der Waals surface area contributed by atoms with Crippen LogP contribution in [0.5, 0.6) is 0 Å². The zero-order valence-corrected chi connectivity index (χ0v) is 14.0. The fourth-order valence-electron chi connectivity index (χ4n) is 2.53. The van der Waals surface area contributed by atoms with E-state index >= 15 is 0 Å². The highest BCUT2D eigenvalue weighted by atomic mass is 32.2. The van der Waals surface area contributed by atoms with Crippen LogP contribution in [-0.2, 0) is 26.5 Å². The van der Waals surface area contributed by atoms with Gasteiger partial charge in [-0.3, -0.25) is 4.79 Å². The summed E-state index contributed by atoms with van der Waals surface area (Å²) in [5, 5.41) is 5.02. The summed E-state index contributed by atoms with van der Waals surface area (Å²) in [7, 11) is -7.60. The normalized spacial score (nSPS) is 16.2. The second-order valence-corrected chi connectivity index (χ2v) is 8.71. The van der Waals surface area contributed by atoms with Crippen molar-refractivity contribution in [2.75, 3.05) is 6.54 Å². The maximum atomic E-state index is 12.4. The van der Waals surface area contributed by atoms with Crippen LogP contribution in [-0.4, -0.2) is 33.6 Å². The van der Waals surface area contributed by atoms with Crippen LogP contribution in [0.25, 0.3) is 0 Å². The average Bonchev–Trinajstić information content (AvgIpc) is 2.72. The van der Waals surface area contributed by atoms with Gasteiger partial charge in [0.05, 0.1) is 10.5 Å². The van der Waals surface area contributed by atoms with E-state index in [1.165, 1.54) is 24.3 Å². The Labute approximate surface area is 139 Å². The van der Waals surface area contributed by atoms with Crippen molar-refractivity contribution in [2.24, 2.45) is 5.14 Å². The molecule has 2 N–H and O–H groups in total. The van der Waals surface area contributed by atoms with Crippen molar-refractivity contribution in [3.63, 3.8) is 0 Å². The number of hydrogen-bond donors (Lipinski definition) is 1. The van der Waals surface area contributed by atoms with E-state index < -0.39 is 26.0 Å². The van der Waals surface area contributed by atoms with Gasteiger partial charge < -0.3 is 0 Å². The molecule has 126 valence electrons. The second kappa shape index (κ2) is 5.69. The van der Waals surface area contributed by atoms with Crippen LogP contribution < -0.4 is 5.14 Å². The molecule has 0 aliphatic carbocycles. The van der Waals surface area contributed by atoms with Crippen molar-refractivity contribution < 1.29 is 21.6 Å². The van der Waals surface area contributed by atoms with Crippen LogP contribution in [0.1, 0.15) is 15.9 Å². The van der Waals surface area contributed by atoms with E-state index in [1.54, 1.807) is 24.3 Å². The first kappa shape index (κ1) is 16.6. The number of benzene rings is 2. The molecule has 0 bridgehead atoms. The molecule has 1 aliphatic heterocycles. The van der Waals surface area contributed by atoms with Gasteiger partial charge in [0, 0.05) is 6.54 Å². The van der Waals surface area contributed by atoms with E-state index in [4.69, 9.17) is 5.14 Å². The Morgan fingerprint density at radius 1 is 1.00 bits per heavy atom. The summed E-state index contributed by atoms with van der Waals surface area (Å²) in [4.78, 5) is 12.3. The largest absolute Gasteiger partial charge is 0.269 e. The number of rotatable bonds is 4. The van der Waals surface area contributed by atoms with Gasteiger partial charge in [-0.25, -0.2) is 26.3 Å². The maximum absolute atomic E-state index is 12.4. The molecule has 0 aromatic heterocycles. The van der Waals surface area contributed by atoms with Gasteiger partial charge in [-0.05, 0) is 36.2 Å². The van der Waals surface area contributed by atoms with E-state index in [1.807, 2.05) is 0 Å². The summed E-state index contributed by atoms with van der Waals surface area (Å²) < 4.78 is 48.1. The lowest BCUT2D eigenvalue weighted by molar-refractivity contribution is 0.0872. The molecular weight excluding hydrogens is 352 g/mol. The topological polar surface area (TPSA) is 115 Å². The number of hydrogen-bond acceptors (Lipinski definition) is 5. The summed E-state index contributed by atoms with van der Waals surface area (Å²) in [6.45, 7) is -0.0232. The quantitative estimate of drug-likeness (QED) is 0.856. The number of carbonyl (C=O) groups is 1. The highest BCUT2D eigenvalue weighted by Gasteiger charge is 2.40. The van der Waals surface area contributed by atoms with Crippen molar-refractivity contribution in [2.45, 2.75) is 16.2 Å². The van der Waals surface area contributed by atoms with E-state index in [9.17, 15) is 21.6 Å². The maximum Gasteiger partial charge on any atom is 0.269 e. The lowest BCUT2D eigenvalue weighted by Gasteiger charge is -2.15. The molecule has 1 heterocycles. The molecule has 9 heteroatoms. The SMILES string of the molecule is NS(=O)(=O)c1ccc(CCN2C(=O)c3ccccc3S2(=O)=O)cc1. The molecule has 0 unspecified atom stereocenters. The lowest BCUT2D eigenvalue weighted by atomic mass is 10.1. The van der Waals surface area contributed by atoms with Crippen molar-refractivity contribution >= 4 is 26.0 Å². The fourth-order valence-corrected chi connectivity index (χ4v) is 4.61. The Hall–Kier alpha value is -2.23. The molecule has 0 fully saturated rings. The van der Waals surface area contributed by atoms with Crippen LogP contribution in [0.2, 0.25) is 0 Å². The fraction of sp³-hybridized carbons (Fsp3) is 0.133. The Balaban J connectivity index is 1.80. The van der Waals surface area contributed by atoms with Crippen molar-refractivity contribution in [1.82, 2.24) is 4.31 Å². The van der Waals surface area contributed by atoms with Gasteiger partial charge in [-0.2, -0.15) is 0 Å². The molecule has 0 saturated heterocycles. The first-order valence-electron chi connectivity index (χ1n) is 6.99. The lowest BCUT2D eigenvalue weighted by Crippen LogP contribution is -2.32. The molecule has 1 amide bonds. The van der Waals surface area contributed by atoms with Crippen LogP contribution >= 0.6 is 0 Å². The molecule has 0 atom stereocenters. The predicted octanol–water partition coefficient (Wildman–Crippen LogP) is 0.721. The standard InChI is InChI=1S/C15H14N2O5S2/c16-23(19,20)12-7-5-11(6-8-12)9-10-17-15(18)13-3-1-2-4-14(13)24(17,21)22/h1-8H,9-10H2,(H2,16,19,20). The van der Waals surface area contributed by atoms with Gasteiger partial charge in [-0.15, -0.1) is 0 Å². The predicted molar refractivity (Wildman–Crippen MR) is 86.2 cm³/mol. The highest BCUT2D eigenvalue weighted by Crippen LogP contribution is 2.29. The van der Waals surface area contributed by atoms with Crippen LogP contribution in [0, 0.1) is 0 Å². The van der Waals surface area contributed by atoms with E-state index in [-0.39, 0.29) is 28.3 Å². The molecule has 0 saturated carbocycles. The van der Waals surface area contributed by atoms with E-state index in [0.717, 1.165) is 4.31 Å². The first-order valence-corrected chi connectivity index (χ1v) is 9.98. The number of primary sulfonamides is 1. The van der Waals surface area contributed by atoms with Gasteiger partial charge in [0.1, 0.15) is 4.90 Å². The Bertz CT molecular complexity index is 1010. The number of fused-ring (bicyclic) bond motifs is 1. The molecule has 1 aliphatic rings. The second-order valence-electron chi connectivity index (χ2n) is 5.32. The zero-order valence-electron chi connectivity index (χ0n) is 12.4. The molecule has 0 spiro atoms. The smallest absolute Gasteiger partial charge is 0.268 e. The monoisotopic (exact) mass is 366 g/mol. The third kappa shape index (κ3) is 2.81. The van der Waals surface area contributed by atoms with Gasteiger partial charge in [0.25, 0.3) is 15.9 Å². The van der Waals surface area contributed by atoms with Crippen molar-refractivity contribution in [3.8, 4) is 0 Å². The molecule has 0 radical (unpaired) electrons. The molecule has 24 heavy (non-hydrogen) atoms. The minimum Gasteiger partial charge on any atom is -0.268 e. The zero-order chi connectivity index (χ0) is 17.5. The Morgan fingerprint density at radius 2 is 1.62 bits per heavy atom. The third-order valence-electron chi connectivity index (χ3n) is 3.77. The summed E-state index contributed by atoms with van der Waals surface area (Å²) in [5.74, 6) is -0.549. The molecule has 2 aromatic rings. The van der Waals surface area contributed by atoms with Crippen molar-refractivity contribution in [1.29, 1.82) is 0 Å². The Morgan fingerprint density at radius 3 is 2.21 bits per heavy atom. The average molecular weight is 366 g/mol. The van der Waals surface area contributed by atoms with Gasteiger partial charge >= 0.3 is 0 Å². The van der Waals surface area contributed by atoms with Crippen LogP contribution in [0.15, 0.2) is 58.3 Å². The minimum absolute atomic E-state index is 0.0135. The number of nitrogens with zero attached hydrogens (tertiary/aromatic N) is 1. The number of carbonyl (C=O) groups excluding carboxylic acids is 1. The van der Waals surface area contributed by atoms with Crippen LogP contribution in [0.3, 0.4) is 0 Å². The van der Waals surface area contributed by atoms with Gasteiger partial charge in [0.2, 0.25) is 10.0 Å². The third-order valence-corrected chi connectivity index (χ3v) is 6.54. The van der Waals surface area contributed by atoms with E-state index in [0.29, 0.717) is 5.56 Å². The van der Waals surface area contributed by atoms with Crippen LogP contribution in [0.4, 0.5) is 0 Å². The number of amides is 1. The molecule has 3 rings (SSSR count). The Kier molecular flexibility index (Phi) is 3.94. The number of sulfonamides is 2. The number of nitrogens with two attached hydrogens (primary N) is 1. The summed E-state index contributed by atoms with van der Waals surface area (Å²) in [6, 6.07) is 11.8.